The van der Waals surface area contributed by atoms with Crippen LogP contribution < -0.4 is 0 Å². The van der Waals surface area contributed by atoms with Gasteiger partial charge in [0, 0.05) is 26.0 Å². The van der Waals surface area contributed by atoms with Crippen molar-refractivity contribution in [2.24, 2.45) is 0 Å². The lowest BCUT2D eigenvalue weighted by Gasteiger charge is -2.17. The van der Waals surface area contributed by atoms with Gasteiger partial charge in [-0.05, 0) is 12.5 Å². The van der Waals surface area contributed by atoms with Gasteiger partial charge >= 0.3 is 0 Å². The second-order valence-electron chi connectivity index (χ2n) is 3.44. The predicted octanol–water partition coefficient (Wildman–Crippen LogP) is 2.61. The van der Waals surface area contributed by atoms with Gasteiger partial charge in [0.2, 0.25) is 0 Å². The van der Waals surface area contributed by atoms with Crippen molar-refractivity contribution in [3.63, 3.8) is 0 Å². The predicted molar refractivity (Wildman–Crippen MR) is 61.1 cm³/mol. The van der Waals surface area contributed by atoms with E-state index in [4.69, 9.17) is 11.6 Å². The average molecular weight is 227 g/mol. The van der Waals surface area contributed by atoms with Crippen LogP contribution in [0.15, 0.2) is 18.5 Å². The molecular formula is C11H15ClN2O. The first kappa shape index (κ1) is 12.0. The van der Waals surface area contributed by atoms with Crippen molar-refractivity contribution in [3.8, 4) is 0 Å². The van der Waals surface area contributed by atoms with E-state index in [2.05, 4.69) is 11.9 Å². The molecule has 0 saturated carbocycles. The molecule has 0 bridgehead atoms. The Balaban J connectivity index is 2.72. The maximum Gasteiger partial charge on any atom is 0.255 e. The van der Waals surface area contributed by atoms with Crippen LogP contribution in [0.25, 0.3) is 0 Å². The van der Waals surface area contributed by atoms with Crippen molar-refractivity contribution in [2.45, 2.75) is 19.8 Å². The molecule has 0 unspecified atom stereocenters. The molecule has 1 amide bonds. The Kier molecular flexibility index (Phi) is 4.56. The Labute approximate surface area is 95.1 Å². The molecule has 1 heterocycles. The molecule has 1 rings (SSSR count). The van der Waals surface area contributed by atoms with Crippen molar-refractivity contribution >= 4 is 17.5 Å². The topological polar surface area (TPSA) is 33.2 Å². The summed E-state index contributed by atoms with van der Waals surface area (Å²) in [4.78, 5) is 17.4. The SMILES string of the molecule is CCCCN(C)C(=O)c1ccncc1Cl. The van der Waals surface area contributed by atoms with Gasteiger partial charge in [0.05, 0.1) is 10.6 Å². The molecule has 0 atom stereocenters. The number of rotatable bonds is 4. The van der Waals surface area contributed by atoms with Crippen LogP contribution in [0.3, 0.4) is 0 Å². The highest BCUT2D eigenvalue weighted by Crippen LogP contribution is 2.15. The van der Waals surface area contributed by atoms with Crippen LogP contribution in [0.1, 0.15) is 30.1 Å². The van der Waals surface area contributed by atoms with Crippen LogP contribution in [0, 0.1) is 0 Å². The van der Waals surface area contributed by atoms with Crippen molar-refractivity contribution in [1.29, 1.82) is 0 Å². The van der Waals surface area contributed by atoms with Crippen LogP contribution in [0.4, 0.5) is 0 Å². The Morgan fingerprint density at radius 3 is 2.93 bits per heavy atom. The van der Waals surface area contributed by atoms with E-state index in [0.717, 1.165) is 19.4 Å². The van der Waals surface area contributed by atoms with Crippen LogP contribution in [0.5, 0.6) is 0 Å². The van der Waals surface area contributed by atoms with E-state index in [0.29, 0.717) is 10.6 Å². The molecule has 15 heavy (non-hydrogen) atoms. The molecule has 0 aliphatic rings. The van der Waals surface area contributed by atoms with Gasteiger partial charge in [0.25, 0.3) is 5.91 Å². The van der Waals surface area contributed by atoms with E-state index >= 15 is 0 Å². The third-order valence-corrected chi connectivity index (χ3v) is 2.50. The van der Waals surface area contributed by atoms with Crippen LogP contribution in [-0.4, -0.2) is 29.4 Å². The van der Waals surface area contributed by atoms with Gasteiger partial charge in [0.1, 0.15) is 0 Å². The van der Waals surface area contributed by atoms with E-state index < -0.39 is 0 Å². The molecular weight excluding hydrogens is 212 g/mol. The first-order valence-corrected chi connectivity index (χ1v) is 5.39. The molecule has 0 N–H and O–H groups in total. The summed E-state index contributed by atoms with van der Waals surface area (Å²) in [6.45, 7) is 2.85. The highest BCUT2D eigenvalue weighted by Gasteiger charge is 2.13. The maximum atomic E-state index is 11.9. The molecule has 0 saturated heterocycles. The normalized spacial score (nSPS) is 10.1. The Morgan fingerprint density at radius 2 is 2.33 bits per heavy atom. The van der Waals surface area contributed by atoms with E-state index in [1.807, 2.05) is 0 Å². The van der Waals surface area contributed by atoms with Gasteiger partial charge in [0.15, 0.2) is 0 Å². The molecule has 1 aromatic rings. The summed E-state index contributed by atoms with van der Waals surface area (Å²) >= 11 is 5.89. The van der Waals surface area contributed by atoms with E-state index in [1.54, 1.807) is 24.2 Å². The molecule has 0 aromatic carbocycles. The molecule has 0 aliphatic heterocycles. The number of pyridine rings is 1. The van der Waals surface area contributed by atoms with Gasteiger partial charge in [-0.15, -0.1) is 0 Å². The molecule has 0 spiro atoms. The molecule has 82 valence electrons. The number of carbonyl (C=O) groups excluding carboxylic acids is 1. The molecule has 1 aromatic heterocycles. The Morgan fingerprint density at radius 1 is 1.60 bits per heavy atom. The smallest absolute Gasteiger partial charge is 0.255 e. The fraction of sp³-hybridized carbons (Fsp3) is 0.455. The van der Waals surface area contributed by atoms with Crippen LogP contribution in [-0.2, 0) is 0 Å². The van der Waals surface area contributed by atoms with E-state index in [1.165, 1.54) is 6.20 Å². The second kappa shape index (κ2) is 5.71. The summed E-state index contributed by atoms with van der Waals surface area (Å²) in [5.74, 6) is -0.0455. The first-order chi connectivity index (χ1) is 7.16. The number of amides is 1. The van der Waals surface area contributed by atoms with E-state index in [-0.39, 0.29) is 5.91 Å². The minimum absolute atomic E-state index is 0.0455. The fourth-order valence-corrected chi connectivity index (χ4v) is 1.45. The maximum absolute atomic E-state index is 11.9. The summed E-state index contributed by atoms with van der Waals surface area (Å²) in [7, 11) is 1.79. The lowest BCUT2D eigenvalue weighted by molar-refractivity contribution is 0.0793. The highest BCUT2D eigenvalue weighted by atomic mass is 35.5. The van der Waals surface area contributed by atoms with Gasteiger partial charge in [-0.2, -0.15) is 0 Å². The van der Waals surface area contributed by atoms with Crippen molar-refractivity contribution < 1.29 is 4.79 Å². The van der Waals surface area contributed by atoms with Gasteiger partial charge in [-0.25, -0.2) is 0 Å². The minimum atomic E-state index is -0.0455. The molecule has 4 heteroatoms. The number of hydrogen-bond donors (Lipinski definition) is 0. The molecule has 0 radical (unpaired) electrons. The first-order valence-electron chi connectivity index (χ1n) is 5.01. The zero-order valence-corrected chi connectivity index (χ0v) is 9.79. The summed E-state index contributed by atoms with van der Waals surface area (Å²) < 4.78 is 0. The third kappa shape index (κ3) is 3.20. The zero-order valence-electron chi connectivity index (χ0n) is 9.03. The monoisotopic (exact) mass is 226 g/mol. The van der Waals surface area contributed by atoms with Crippen LogP contribution >= 0.6 is 11.6 Å². The van der Waals surface area contributed by atoms with Crippen molar-refractivity contribution in [3.05, 3.63) is 29.0 Å². The van der Waals surface area contributed by atoms with Crippen molar-refractivity contribution in [2.75, 3.05) is 13.6 Å². The number of halogens is 1. The lowest BCUT2D eigenvalue weighted by atomic mass is 10.2. The lowest BCUT2D eigenvalue weighted by Crippen LogP contribution is -2.27. The van der Waals surface area contributed by atoms with Gasteiger partial charge < -0.3 is 4.90 Å². The number of nitrogens with zero attached hydrogens (tertiary/aromatic N) is 2. The number of hydrogen-bond acceptors (Lipinski definition) is 2. The second-order valence-corrected chi connectivity index (χ2v) is 3.84. The van der Waals surface area contributed by atoms with Crippen molar-refractivity contribution in [1.82, 2.24) is 9.88 Å². The summed E-state index contributed by atoms with van der Waals surface area (Å²) in [6.07, 6.45) is 5.14. The fourth-order valence-electron chi connectivity index (χ4n) is 1.25. The minimum Gasteiger partial charge on any atom is -0.342 e. The standard InChI is InChI=1S/C11H15ClN2O/c1-3-4-7-14(2)11(15)9-5-6-13-8-10(9)12/h5-6,8H,3-4,7H2,1-2H3. The summed E-state index contributed by atoms with van der Waals surface area (Å²) in [6, 6.07) is 1.65. The Hall–Kier alpha value is -1.09. The number of carbonyl (C=O) groups is 1. The summed E-state index contributed by atoms with van der Waals surface area (Å²) in [5, 5.41) is 0.408. The largest absolute Gasteiger partial charge is 0.342 e. The van der Waals surface area contributed by atoms with E-state index in [9.17, 15) is 4.79 Å². The zero-order chi connectivity index (χ0) is 11.3. The quantitative estimate of drug-likeness (QED) is 0.791. The number of aromatic nitrogens is 1. The molecule has 3 nitrogen and oxygen atoms in total. The average Bonchev–Trinajstić information content (AvgIpc) is 2.25. The molecule has 0 fully saturated rings. The summed E-state index contributed by atoms with van der Waals surface area (Å²) in [5.41, 5.74) is 0.519. The molecule has 0 aliphatic carbocycles. The Bertz CT molecular complexity index is 341. The number of unbranched alkanes of at least 4 members (excludes halogenated alkanes) is 1. The third-order valence-electron chi connectivity index (χ3n) is 2.20. The van der Waals surface area contributed by atoms with Crippen LogP contribution in [0.2, 0.25) is 5.02 Å². The van der Waals surface area contributed by atoms with Gasteiger partial charge in [-0.1, -0.05) is 24.9 Å². The highest BCUT2D eigenvalue weighted by molar-refractivity contribution is 6.33. The van der Waals surface area contributed by atoms with Gasteiger partial charge in [-0.3, -0.25) is 9.78 Å².